The molecular formula is C13H25N3O2. The molecule has 2 saturated heterocycles. The van der Waals surface area contributed by atoms with E-state index in [0.29, 0.717) is 19.1 Å². The first-order chi connectivity index (χ1) is 8.66. The van der Waals surface area contributed by atoms with Gasteiger partial charge in [0.15, 0.2) is 0 Å². The molecule has 0 spiro atoms. The topological polar surface area (TPSA) is 67.6 Å². The molecule has 18 heavy (non-hydrogen) atoms. The third-order valence-corrected chi connectivity index (χ3v) is 3.85. The van der Waals surface area contributed by atoms with E-state index < -0.39 is 0 Å². The highest BCUT2D eigenvalue weighted by Crippen LogP contribution is 2.12. The van der Waals surface area contributed by atoms with Crippen molar-refractivity contribution in [1.29, 1.82) is 0 Å². The van der Waals surface area contributed by atoms with Crippen LogP contribution in [0, 0.1) is 11.8 Å². The SMILES string of the molecule is CC(CNC(=O)C1COCC1N)CN1CCCC1. The molecule has 3 N–H and O–H groups in total. The van der Waals surface area contributed by atoms with Gasteiger partial charge in [-0.2, -0.15) is 0 Å². The molecule has 2 heterocycles. The number of hydrogen-bond donors (Lipinski definition) is 2. The zero-order valence-electron chi connectivity index (χ0n) is 11.2. The fraction of sp³-hybridized carbons (Fsp3) is 0.923. The first kappa shape index (κ1) is 13.8. The number of carbonyl (C=O) groups excluding carboxylic acids is 1. The molecule has 0 aromatic carbocycles. The Labute approximate surface area is 109 Å². The summed E-state index contributed by atoms with van der Waals surface area (Å²) in [6.07, 6.45) is 2.63. The van der Waals surface area contributed by atoms with Crippen LogP contribution in [0.25, 0.3) is 0 Å². The maximum Gasteiger partial charge on any atom is 0.227 e. The van der Waals surface area contributed by atoms with Crippen LogP contribution in [0.5, 0.6) is 0 Å². The molecule has 0 bridgehead atoms. The van der Waals surface area contributed by atoms with Crippen LogP contribution < -0.4 is 11.1 Å². The van der Waals surface area contributed by atoms with E-state index in [0.717, 1.165) is 13.1 Å². The lowest BCUT2D eigenvalue weighted by Crippen LogP contribution is -2.43. The normalized spacial score (nSPS) is 30.6. The second kappa shape index (κ2) is 6.50. The van der Waals surface area contributed by atoms with Crippen LogP contribution in [-0.4, -0.2) is 56.2 Å². The number of amides is 1. The number of hydrogen-bond acceptors (Lipinski definition) is 4. The monoisotopic (exact) mass is 255 g/mol. The summed E-state index contributed by atoms with van der Waals surface area (Å²) in [6.45, 7) is 7.38. The number of ether oxygens (including phenoxy) is 1. The Morgan fingerprint density at radius 1 is 1.44 bits per heavy atom. The molecule has 104 valence electrons. The van der Waals surface area contributed by atoms with E-state index in [1.54, 1.807) is 0 Å². The number of carbonyl (C=O) groups is 1. The van der Waals surface area contributed by atoms with Gasteiger partial charge in [-0.25, -0.2) is 0 Å². The molecule has 2 aliphatic rings. The zero-order chi connectivity index (χ0) is 13.0. The first-order valence-electron chi connectivity index (χ1n) is 7.00. The van der Waals surface area contributed by atoms with Crippen molar-refractivity contribution in [1.82, 2.24) is 10.2 Å². The predicted octanol–water partition coefficient (Wildman–Crippen LogP) is -0.192. The Balaban J connectivity index is 1.65. The molecule has 0 saturated carbocycles. The van der Waals surface area contributed by atoms with E-state index in [2.05, 4.69) is 17.1 Å². The quantitative estimate of drug-likeness (QED) is 0.714. The highest BCUT2D eigenvalue weighted by Gasteiger charge is 2.31. The van der Waals surface area contributed by atoms with Gasteiger partial charge in [-0.05, 0) is 31.8 Å². The van der Waals surface area contributed by atoms with Gasteiger partial charge in [0, 0.05) is 19.1 Å². The average Bonchev–Trinajstić information content (AvgIpc) is 2.97. The molecule has 3 unspecified atom stereocenters. The lowest BCUT2D eigenvalue weighted by atomic mass is 10.0. The minimum Gasteiger partial charge on any atom is -0.379 e. The van der Waals surface area contributed by atoms with Crippen molar-refractivity contribution >= 4 is 5.91 Å². The van der Waals surface area contributed by atoms with Gasteiger partial charge in [0.2, 0.25) is 5.91 Å². The van der Waals surface area contributed by atoms with Gasteiger partial charge < -0.3 is 20.7 Å². The van der Waals surface area contributed by atoms with Crippen molar-refractivity contribution in [3.63, 3.8) is 0 Å². The molecule has 0 aromatic heterocycles. The first-order valence-corrected chi connectivity index (χ1v) is 7.00. The third-order valence-electron chi connectivity index (χ3n) is 3.85. The van der Waals surface area contributed by atoms with Crippen molar-refractivity contribution in [3.8, 4) is 0 Å². The largest absolute Gasteiger partial charge is 0.379 e. The molecule has 0 aromatic rings. The minimum atomic E-state index is -0.163. The summed E-state index contributed by atoms with van der Waals surface area (Å²) in [5.74, 6) is 0.378. The Kier molecular flexibility index (Phi) is 4.97. The minimum absolute atomic E-state index is 0.0493. The maximum atomic E-state index is 11.9. The Morgan fingerprint density at radius 3 is 2.78 bits per heavy atom. The van der Waals surface area contributed by atoms with E-state index in [1.807, 2.05) is 0 Å². The predicted molar refractivity (Wildman–Crippen MR) is 70.1 cm³/mol. The summed E-state index contributed by atoms with van der Waals surface area (Å²) in [5.41, 5.74) is 5.82. The van der Waals surface area contributed by atoms with Crippen LogP contribution in [0.2, 0.25) is 0 Å². The Bertz CT molecular complexity index is 279. The smallest absolute Gasteiger partial charge is 0.227 e. The molecule has 5 heteroatoms. The highest BCUT2D eigenvalue weighted by molar-refractivity contribution is 5.79. The van der Waals surface area contributed by atoms with Crippen molar-refractivity contribution in [2.75, 3.05) is 39.4 Å². The van der Waals surface area contributed by atoms with Gasteiger partial charge >= 0.3 is 0 Å². The van der Waals surface area contributed by atoms with Gasteiger partial charge in [-0.3, -0.25) is 4.79 Å². The summed E-state index contributed by atoms with van der Waals surface area (Å²) < 4.78 is 5.21. The molecular weight excluding hydrogens is 230 g/mol. The van der Waals surface area contributed by atoms with E-state index in [4.69, 9.17) is 10.5 Å². The van der Waals surface area contributed by atoms with Crippen LogP contribution in [0.15, 0.2) is 0 Å². The molecule has 2 rings (SSSR count). The maximum absolute atomic E-state index is 11.9. The second-order valence-electron chi connectivity index (χ2n) is 5.67. The van der Waals surface area contributed by atoms with Gasteiger partial charge in [-0.1, -0.05) is 6.92 Å². The number of nitrogens with one attached hydrogen (secondary N) is 1. The Morgan fingerprint density at radius 2 is 2.17 bits per heavy atom. The second-order valence-corrected chi connectivity index (χ2v) is 5.67. The molecule has 2 aliphatic heterocycles. The summed E-state index contributed by atoms with van der Waals surface area (Å²) in [6, 6.07) is -0.140. The van der Waals surface area contributed by atoms with E-state index >= 15 is 0 Å². The lowest BCUT2D eigenvalue weighted by Gasteiger charge is -2.21. The summed E-state index contributed by atoms with van der Waals surface area (Å²) >= 11 is 0. The highest BCUT2D eigenvalue weighted by atomic mass is 16.5. The molecule has 1 amide bonds. The van der Waals surface area contributed by atoms with E-state index in [1.165, 1.54) is 25.9 Å². The average molecular weight is 255 g/mol. The van der Waals surface area contributed by atoms with E-state index in [9.17, 15) is 4.79 Å². The van der Waals surface area contributed by atoms with Crippen LogP contribution in [0.4, 0.5) is 0 Å². The Hall–Kier alpha value is -0.650. The molecule has 5 nitrogen and oxygen atoms in total. The molecule has 2 fully saturated rings. The zero-order valence-corrected chi connectivity index (χ0v) is 11.2. The van der Waals surface area contributed by atoms with Crippen molar-refractivity contribution in [2.24, 2.45) is 17.6 Å². The number of nitrogens with two attached hydrogens (primary N) is 1. The molecule has 3 atom stereocenters. The van der Waals surface area contributed by atoms with Crippen LogP contribution in [0.3, 0.4) is 0 Å². The molecule has 0 aliphatic carbocycles. The van der Waals surface area contributed by atoms with Crippen LogP contribution in [-0.2, 0) is 9.53 Å². The fourth-order valence-electron chi connectivity index (χ4n) is 2.72. The van der Waals surface area contributed by atoms with Gasteiger partial charge in [0.1, 0.15) is 0 Å². The standard InChI is InChI=1S/C13H25N3O2/c1-10(7-16-4-2-3-5-16)6-15-13(17)11-8-18-9-12(11)14/h10-12H,2-9,14H2,1H3,(H,15,17). The van der Waals surface area contributed by atoms with Gasteiger partial charge in [0.05, 0.1) is 19.1 Å². The van der Waals surface area contributed by atoms with Crippen molar-refractivity contribution < 1.29 is 9.53 Å². The number of likely N-dealkylation sites (tertiary alicyclic amines) is 1. The van der Waals surface area contributed by atoms with Crippen molar-refractivity contribution in [3.05, 3.63) is 0 Å². The summed E-state index contributed by atoms with van der Waals surface area (Å²) in [4.78, 5) is 14.4. The van der Waals surface area contributed by atoms with E-state index in [-0.39, 0.29) is 17.9 Å². The van der Waals surface area contributed by atoms with Crippen molar-refractivity contribution in [2.45, 2.75) is 25.8 Å². The summed E-state index contributed by atoms with van der Waals surface area (Å²) in [5, 5.41) is 3.00. The van der Waals surface area contributed by atoms with Gasteiger partial charge in [-0.15, -0.1) is 0 Å². The molecule has 0 radical (unpaired) electrons. The number of rotatable bonds is 5. The van der Waals surface area contributed by atoms with Gasteiger partial charge in [0.25, 0.3) is 0 Å². The number of nitrogens with zero attached hydrogens (tertiary/aromatic N) is 1. The lowest BCUT2D eigenvalue weighted by molar-refractivity contribution is -0.125. The fourth-order valence-corrected chi connectivity index (χ4v) is 2.72. The summed E-state index contributed by atoms with van der Waals surface area (Å²) in [7, 11) is 0. The third kappa shape index (κ3) is 3.67. The van der Waals surface area contributed by atoms with Crippen LogP contribution >= 0.6 is 0 Å². The van der Waals surface area contributed by atoms with Crippen LogP contribution in [0.1, 0.15) is 19.8 Å².